The molecule has 390 valence electrons. The molecule has 4 heterocycles. The molecule has 6 heteroatoms. The minimum absolute atomic E-state index is 0.782. The summed E-state index contributed by atoms with van der Waals surface area (Å²) in [4.78, 5) is 14.4. The van der Waals surface area contributed by atoms with Crippen LogP contribution in [-0.4, -0.2) is 9.97 Å². The van der Waals surface area contributed by atoms with Crippen molar-refractivity contribution in [3.8, 4) is 77.9 Å². The Morgan fingerprint density at radius 3 is 1.35 bits per heavy atom. The molecule has 0 spiro atoms. The van der Waals surface area contributed by atoms with Crippen molar-refractivity contribution in [2.75, 3.05) is 9.80 Å². The van der Waals surface area contributed by atoms with Gasteiger partial charge in [0.15, 0.2) is 11.2 Å². The molecule has 4 aromatic heterocycles. The zero-order valence-electron chi connectivity index (χ0n) is 45.2. The average molecular weight is 1070 g/mol. The lowest BCUT2D eigenvalue weighted by molar-refractivity contribution is 0.668. The van der Waals surface area contributed by atoms with Crippen LogP contribution in [0.15, 0.2) is 288 Å². The van der Waals surface area contributed by atoms with Crippen LogP contribution in [0.5, 0.6) is 0 Å². The Hall–Kier alpha value is -11.3. The summed E-state index contributed by atoms with van der Waals surface area (Å²) < 4.78 is 13.4. The first-order valence-corrected chi connectivity index (χ1v) is 28.5. The van der Waals surface area contributed by atoms with Crippen molar-refractivity contribution >= 4 is 99.7 Å². The topological polar surface area (TPSA) is 58.5 Å². The van der Waals surface area contributed by atoms with Gasteiger partial charge in [-0.15, -0.1) is 0 Å². The standard InChI is InChI=1S/C78H46N4O2/c1-2-20-57-56(19-1)63-25-9-23-61-55(36-38-65(57)75(61)63)49-15-8-17-52(43-49)82(71-30-12-28-68-60-22-4-6-32-73(60)84-78(68)71)74-40-34-50(45-80-74)47-33-35-58-66-39-37-54(62-24-10-26-64(76(62)66)69(58)44-47)48-14-7-16-51(42-48)81(53-18-13-41-79-46-53)70-29-11-27-67-59-21-3-5-31-72(59)83-77(67)70/h1-46H. The highest BCUT2D eigenvalue weighted by molar-refractivity contribution is 6.21. The maximum Gasteiger partial charge on any atom is 0.159 e. The number of hydrogen-bond donors (Lipinski definition) is 0. The number of pyridine rings is 2. The van der Waals surface area contributed by atoms with Crippen LogP contribution >= 0.6 is 0 Å². The number of nitrogens with zero attached hydrogens (tertiary/aromatic N) is 4. The lowest BCUT2D eigenvalue weighted by atomic mass is 9.94. The summed E-state index contributed by atoms with van der Waals surface area (Å²) in [6.07, 6.45) is 5.75. The van der Waals surface area contributed by atoms with E-state index in [0.717, 1.165) is 100 Å². The van der Waals surface area contributed by atoms with Gasteiger partial charge in [0, 0.05) is 50.9 Å². The summed E-state index contributed by atoms with van der Waals surface area (Å²) in [5.74, 6) is 0.782. The van der Waals surface area contributed by atoms with Crippen LogP contribution < -0.4 is 9.80 Å². The second kappa shape index (κ2) is 18.1. The molecule has 0 unspecified atom stereocenters. The molecule has 18 rings (SSSR count). The van der Waals surface area contributed by atoms with Crippen molar-refractivity contribution in [3.63, 3.8) is 0 Å². The molecule has 0 saturated carbocycles. The van der Waals surface area contributed by atoms with Gasteiger partial charge < -0.3 is 13.7 Å². The van der Waals surface area contributed by atoms with E-state index < -0.39 is 0 Å². The van der Waals surface area contributed by atoms with Crippen LogP contribution in [0.4, 0.5) is 34.3 Å². The summed E-state index contributed by atoms with van der Waals surface area (Å²) >= 11 is 0. The van der Waals surface area contributed by atoms with Gasteiger partial charge >= 0.3 is 0 Å². The number of fused-ring (bicyclic) bond motifs is 12. The van der Waals surface area contributed by atoms with Crippen LogP contribution in [0.1, 0.15) is 0 Å². The van der Waals surface area contributed by atoms with Crippen molar-refractivity contribution in [2.45, 2.75) is 0 Å². The van der Waals surface area contributed by atoms with Crippen molar-refractivity contribution < 1.29 is 8.83 Å². The first-order chi connectivity index (χ1) is 41.7. The molecular weight excluding hydrogens is 1020 g/mol. The zero-order valence-corrected chi connectivity index (χ0v) is 45.2. The Kier molecular flexibility index (Phi) is 9.99. The van der Waals surface area contributed by atoms with Gasteiger partial charge in [-0.25, -0.2) is 4.98 Å². The second-order valence-electron chi connectivity index (χ2n) is 22.0. The molecule has 0 atom stereocenters. The molecule has 0 N–H and O–H groups in total. The minimum Gasteiger partial charge on any atom is -0.454 e. The quantitative estimate of drug-likeness (QED) is 0.144. The van der Waals surface area contributed by atoms with E-state index in [-0.39, 0.29) is 0 Å². The number of hydrogen-bond acceptors (Lipinski definition) is 6. The highest BCUT2D eigenvalue weighted by Gasteiger charge is 2.28. The van der Waals surface area contributed by atoms with Crippen molar-refractivity contribution in [2.24, 2.45) is 0 Å². The van der Waals surface area contributed by atoms with Crippen LogP contribution in [0.25, 0.3) is 143 Å². The molecule has 84 heavy (non-hydrogen) atoms. The van der Waals surface area contributed by atoms with Gasteiger partial charge in [0.1, 0.15) is 17.0 Å². The van der Waals surface area contributed by atoms with E-state index in [4.69, 9.17) is 13.8 Å². The van der Waals surface area contributed by atoms with Crippen LogP contribution in [0.2, 0.25) is 0 Å². The monoisotopic (exact) mass is 1070 g/mol. The van der Waals surface area contributed by atoms with Gasteiger partial charge in [0.2, 0.25) is 0 Å². The fraction of sp³-hybridized carbons (Fsp3) is 0. The highest BCUT2D eigenvalue weighted by Crippen LogP contribution is 2.53. The Morgan fingerprint density at radius 2 is 0.738 bits per heavy atom. The van der Waals surface area contributed by atoms with Crippen LogP contribution in [-0.2, 0) is 0 Å². The number of rotatable bonds is 9. The van der Waals surface area contributed by atoms with Crippen molar-refractivity contribution in [3.05, 3.63) is 279 Å². The fourth-order valence-electron chi connectivity index (χ4n) is 13.8. The second-order valence-corrected chi connectivity index (χ2v) is 22.0. The Morgan fingerprint density at radius 1 is 0.274 bits per heavy atom. The first-order valence-electron chi connectivity index (χ1n) is 28.5. The molecule has 6 nitrogen and oxygen atoms in total. The number of aromatic nitrogens is 2. The third-order valence-electron chi connectivity index (χ3n) is 17.5. The van der Waals surface area contributed by atoms with Gasteiger partial charge in [0.25, 0.3) is 0 Å². The summed E-state index contributed by atoms with van der Waals surface area (Å²) in [7, 11) is 0. The third-order valence-corrected chi connectivity index (χ3v) is 17.5. The summed E-state index contributed by atoms with van der Waals surface area (Å²) in [6.45, 7) is 0. The normalized spacial score (nSPS) is 12.0. The summed E-state index contributed by atoms with van der Waals surface area (Å²) in [5, 5.41) is 9.32. The fourth-order valence-corrected chi connectivity index (χ4v) is 13.8. The largest absolute Gasteiger partial charge is 0.454 e. The summed E-state index contributed by atoms with van der Waals surface area (Å²) in [5.41, 5.74) is 24.9. The molecule has 16 aromatic rings. The van der Waals surface area contributed by atoms with Gasteiger partial charge in [-0.05, 0) is 173 Å². The number of benzene rings is 12. The molecular formula is C78H46N4O2. The minimum atomic E-state index is 0.782. The van der Waals surface area contributed by atoms with Crippen molar-refractivity contribution in [1.82, 2.24) is 9.97 Å². The smallest absolute Gasteiger partial charge is 0.159 e. The molecule has 0 bridgehead atoms. The predicted molar refractivity (Wildman–Crippen MR) is 346 cm³/mol. The predicted octanol–water partition coefficient (Wildman–Crippen LogP) is 21.8. The van der Waals surface area contributed by atoms with E-state index in [0.29, 0.717) is 0 Å². The first kappa shape index (κ1) is 46.4. The average Bonchev–Trinajstić information content (AvgIpc) is 3.23. The van der Waals surface area contributed by atoms with E-state index in [9.17, 15) is 0 Å². The van der Waals surface area contributed by atoms with Gasteiger partial charge in [-0.1, -0.05) is 182 Å². The van der Waals surface area contributed by atoms with E-state index >= 15 is 0 Å². The maximum absolute atomic E-state index is 6.76. The Labute approximate surface area is 483 Å². The van der Waals surface area contributed by atoms with E-state index in [1.54, 1.807) is 0 Å². The molecule has 0 amide bonds. The molecule has 2 aliphatic carbocycles. The zero-order chi connectivity index (χ0) is 55.0. The molecule has 2 aliphatic rings. The number of anilines is 6. The lowest BCUT2D eigenvalue weighted by Crippen LogP contribution is -2.12. The van der Waals surface area contributed by atoms with Gasteiger partial charge in [-0.2, -0.15) is 0 Å². The van der Waals surface area contributed by atoms with Crippen molar-refractivity contribution in [1.29, 1.82) is 0 Å². The number of para-hydroxylation sites is 4. The molecule has 0 aliphatic heterocycles. The maximum atomic E-state index is 6.76. The van der Waals surface area contributed by atoms with E-state index in [1.165, 1.54) is 77.2 Å². The Balaban J connectivity index is 0.716. The third kappa shape index (κ3) is 6.92. The van der Waals surface area contributed by atoms with E-state index in [1.807, 2.05) is 48.9 Å². The van der Waals surface area contributed by atoms with Gasteiger partial charge in [-0.3, -0.25) is 9.88 Å². The number of furan rings is 2. The van der Waals surface area contributed by atoms with Gasteiger partial charge in [0.05, 0.1) is 23.3 Å². The SMILES string of the molecule is c1cncc(N(c2cccc(-c3ccc4c5c(cccc35)-c3cc(-c5ccc(N(c6cccc(-c7ccc8c9c(cccc79)-c7ccccc7-8)c6)c6cccc7c6oc6ccccc67)nc5)ccc3-4)c2)c2cccc3c2oc2ccccc23)c1. The van der Waals surface area contributed by atoms with E-state index in [2.05, 4.69) is 245 Å². The van der Waals surface area contributed by atoms with Crippen LogP contribution in [0.3, 0.4) is 0 Å². The molecule has 0 radical (unpaired) electrons. The van der Waals surface area contributed by atoms with Crippen LogP contribution in [0, 0.1) is 0 Å². The Bertz CT molecular complexity index is 5380. The lowest BCUT2D eigenvalue weighted by Gasteiger charge is -2.25. The molecule has 0 saturated heterocycles. The molecule has 0 fully saturated rings. The highest BCUT2D eigenvalue weighted by atomic mass is 16.3. The summed E-state index contributed by atoms with van der Waals surface area (Å²) in [6, 6.07) is 93.7. The molecule has 12 aromatic carbocycles.